The molecule has 1 amide bonds. The summed E-state index contributed by atoms with van der Waals surface area (Å²) in [6.45, 7) is 0. The number of methoxy groups -OCH3 is 1. The van der Waals surface area contributed by atoms with Gasteiger partial charge in [-0.25, -0.2) is 0 Å². The van der Waals surface area contributed by atoms with Crippen molar-refractivity contribution in [3.63, 3.8) is 0 Å². The van der Waals surface area contributed by atoms with Gasteiger partial charge in [-0.1, -0.05) is 30.3 Å². The molecule has 0 bridgehead atoms. The second-order valence-electron chi connectivity index (χ2n) is 5.30. The number of benzene rings is 2. The third-order valence-corrected chi connectivity index (χ3v) is 3.65. The lowest BCUT2D eigenvalue weighted by molar-refractivity contribution is -0.384. The number of nitrogens with zero attached hydrogens (tertiary/aromatic N) is 2. The molecule has 0 aliphatic heterocycles. The number of nitriles is 1. The Bertz CT molecular complexity index is 814. The standard InChI is InChI=1S/C18H17N3O4/c1-25-17-8-3-2-7-15(17)16(12-19)20-18(22)10-9-13-5-4-6-14(11-13)21(23)24/h2-8,11,16H,9-10H2,1H3,(H,20,22). The molecule has 25 heavy (non-hydrogen) atoms. The Morgan fingerprint density at radius 2 is 2.08 bits per heavy atom. The zero-order chi connectivity index (χ0) is 18.2. The summed E-state index contributed by atoms with van der Waals surface area (Å²) in [5.74, 6) is 0.206. The van der Waals surface area contributed by atoms with Gasteiger partial charge in [0.05, 0.1) is 18.1 Å². The number of amides is 1. The van der Waals surface area contributed by atoms with Gasteiger partial charge in [0.25, 0.3) is 5.69 Å². The average molecular weight is 339 g/mol. The minimum atomic E-state index is -0.825. The van der Waals surface area contributed by atoms with Crippen LogP contribution in [-0.2, 0) is 11.2 Å². The number of aryl methyl sites for hydroxylation is 1. The number of non-ortho nitro benzene ring substituents is 1. The molecule has 1 atom stereocenters. The Kier molecular flexibility index (Phi) is 6.07. The van der Waals surface area contributed by atoms with Crippen molar-refractivity contribution >= 4 is 11.6 Å². The monoisotopic (exact) mass is 339 g/mol. The molecule has 2 rings (SSSR count). The second-order valence-corrected chi connectivity index (χ2v) is 5.30. The van der Waals surface area contributed by atoms with Gasteiger partial charge in [-0.05, 0) is 18.1 Å². The fourth-order valence-electron chi connectivity index (χ4n) is 2.40. The highest BCUT2D eigenvalue weighted by Gasteiger charge is 2.17. The lowest BCUT2D eigenvalue weighted by atomic mass is 10.1. The van der Waals surface area contributed by atoms with Crippen molar-refractivity contribution in [3.8, 4) is 11.8 Å². The third kappa shape index (κ3) is 4.78. The fraction of sp³-hybridized carbons (Fsp3) is 0.222. The van der Waals surface area contributed by atoms with Crippen LogP contribution in [0.25, 0.3) is 0 Å². The Labute approximate surface area is 145 Å². The smallest absolute Gasteiger partial charge is 0.269 e. The largest absolute Gasteiger partial charge is 0.496 e. The summed E-state index contributed by atoms with van der Waals surface area (Å²) in [6.07, 6.45) is 0.464. The number of ether oxygens (including phenoxy) is 1. The number of para-hydroxylation sites is 1. The van der Waals surface area contributed by atoms with E-state index >= 15 is 0 Å². The molecule has 0 heterocycles. The van der Waals surface area contributed by atoms with E-state index in [0.717, 1.165) is 0 Å². The van der Waals surface area contributed by atoms with E-state index in [2.05, 4.69) is 5.32 Å². The van der Waals surface area contributed by atoms with Crippen molar-refractivity contribution in [1.82, 2.24) is 5.32 Å². The minimum Gasteiger partial charge on any atom is -0.496 e. The zero-order valence-corrected chi connectivity index (χ0v) is 13.6. The first-order valence-corrected chi connectivity index (χ1v) is 7.60. The van der Waals surface area contributed by atoms with Gasteiger partial charge in [0.1, 0.15) is 11.8 Å². The highest BCUT2D eigenvalue weighted by molar-refractivity contribution is 5.77. The van der Waals surface area contributed by atoms with Crippen LogP contribution in [-0.4, -0.2) is 17.9 Å². The SMILES string of the molecule is COc1ccccc1C(C#N)NC(=O)CCc1cccc([N+](=O)[O-])c1. The highest BCUT2D eigenvalue weighted by atomic mass is 16.6. The van der Waals surface area contributed by atoms with Crippen molar-refractivity contribution in [2.24, 2.45) is 0 Å². The van der Waals surface area contributed by atoms with E-state index in [1.54, 1.807) is 36.4 Å². The van der Waals surface area contributed by atoms with Crippen LogP contribution in [0.1, 0.15) is 23.6 Å². The van der Waals surface area contributed by atoms with Gasteiger partial charge in [-0.15, -0.1) is 0 Å². The van der Waals surface area contributed by atoms with E-state index < -0.39 is 11.0 Å². The molecular formula is C18H17N3O4. The zero-order valence-electron chi connectivity index (χ0n) is 13.6. The van der Waals surface area contributed by atoms with E-state index in [4.69, 9.17) is 4.74 Å². The number of nitro groups is 1. The van der Waals surface area contributed by atoms with Crippen molar-refractivity contribution in [2.75, 3.05) is 7.11 Å². The lowest BCUT2D eigenvalue weighted by Crippen LogP contribution is -2.28. The molecule has 0 radical (unpaired) electrons. The van der Waals surface area contributed by atoms with Crippen LogP contribution >= 0.6 is 0 Å². The van der Waals surface area contributed by atoms with E-state index in [0.29, 0.717) is 23.3 Å². The van der Waals surface area contributed by atoms with Gasteiger partial charge < -0.3 is 10.1 Å². The molecule has 128 valence electrons. The maximum Gasteiger partial charge on any atom is 0.269 e. The number of hydrogen-bond acceptors (Lipinski definition) is 5. The van der Waals surface area contributed by atoms with Crippen LogP contribution < -0.4 is 10.1 Å². The molecule has 1 N–H and O–H groups in total. The van der Waals surface area contributed by atoms with Crippen LogP contribution in [0.4, 0.5) is 5.69 Å². The van der Waals surface area contributed by atoms with Crippen LogP contribution in [0.15, 0.2) is 48.5 Å². The van der Waals surface area contributed by atoms with Gasteiger partial charge in [0.2, 0.25) is 5.91 Å². The molecule has 2 aromatic carbocycles. The van der Waals surface area contributed by atoms with Crippen molar-refractivity contribution in [3.05, 3.63) is 69.8 Å². The predicted octanol–water partition coefficient (Wildman–Crippen LogP) is 2.92. The van der Waals surface area contributed by atoms with Crippen molar-refractivity contribution < 1.29 is 14.5 Å². The Morgan fingerprint density at radius 3 is 2.76 bits per heavy atom. The first-order chi connectivity index (χ1) is 12.0. The molecule has 1 unspecified atom stereocenters. The second kappa shape index (κ2) is 8.45. The number of carbonyl (C=O) groups excluding carboxylic acids is 1. The molecule has 2 aromatic rings. The summed E-state index contributed by atoms with van der Waals surface area (Å²) in [4.78, 5) is 22.4. The topological polar surface area (TPSA) is 105 Å². The number of carbonyl (C=O) groups is 1. The summed E-state index contributed by atoms with van der Waals surface area (Å²) in [5, 5.41) is 22.8. The number of nitrogens with one attached hydrogen (secondary N) is 1. The van der Waals surface area contributed by atoms with Crippen LogP contribution in [0, 0.1) is 21.4 Å². The molecule has 0 aromatic heterocycles. The highest BCUT2D eigenvalue weighted by Crippen LogP contribution is 2.24. The molecule has 0 aliphatic rings. The normalized spacial score (nSPS) is 11.2. The maximum absolute atomic E-state index is 12.1. The molecule has 7 nitrogen and oxygen atoms in total. The molecule has 0 aliphatic carbocycles. The van der Waals surface area contributed by atoms with Crippen LogP contribution in [0.2, 0.25) is 0 Å². The predicted molar refractivity (Wildman–Crippen MR) is 90.9 cm³/mol. The molecule has 0 spiro atoms. The van der Waals surface area contributed by atoms with E-state index in [1.165, 1.54) is 19.2 Å². The molecule has 0 saturated carbocycles. The Morgan fingerprint density at radius 1 is 1.32 bits per heavy atom. The fourth-order valence-corrected chi connectivity index (χ4v) is 2.40. The van der Waals surface area contributed by atoms with Gasteiger partial charge in [0, 0.05) is 24.1 Å². The van der Waals surface area contributed by atoms with Crippen molar-refractivity contribution in [2.45, 2.75) is 18.9 Å². The van der Waals surface area contributed by atoms with E-state index in [-0.39, 0.29) is 18.0 Å². The summed E-state index contributed by atoms with van der Waals surface area (Å²) in [7, 11) is 1.50. The van der Waals surface area contributed by atoms with E-state index in [9.17, 15) is 20.2 Å². The molecular weight excluding hydrogens is 322 g/mol. The summed E-state index contributed by atoms with van der Waals surface area (Å²) in [6, 6.07) is 14.3. The first-order valence-electron chi connectivity index (χ1n) is 7.60. The third-order valence-electron chi connectivity index (χ3n) is 3.65. The van der Waals surface area contributed by atoms with E-state index in [1.807, 2.05) is 6.07 Å². The Hall–Kier alpha value is -3.40. The number of hydrogen-bond donors (Lipinski definition) is 1. The Balaban J connectivity index is 2.00. The number of nitro benzene ring substituents is 1. The summed E-state index contributed by atoms with van der Waals surface area (Å²) in [5.41, 5.74) is 1.26. The maximum atomic E-state index is 12.1. The van der Waals surface area contributed by atoms with Crippen molar-refractivity contribution in [1.29, 1.82) is 5.26 Å². The van der Waals surface area contributed by atoms with Crippen LogP contribution in [0.5, 0.6) is 5.75 Å². The molecule has 7 heteroatoms. The summed E-state index contributed by atoms with van der Waals surface area (Å²) < 4.78 is 5.21. The molecule has 0 saturated heterocycles. The number of rotatable bonds is 7. The summed E-state index contributed by atoms with van der Waals surface area (Å²) >= 11 is 0. The first kappa shape index (κ1) is 17.9. The minimum absolute atomic E-state index is 0.0122. The van der Waals surface area contributed by atoms with Gasteiger partial charge in [-0.2, -0.15) is 5.26 Å². The van der Waals surface area contributed by atoms with Gasteiger partial charge >= 0.3 is 0 Å². The molecule has 0 fully saturated rings. The van der Waals surface area contributed by atoms with Gasteiger partial charge in [-0.3, -0.25) is 14.9 Å². The van der Waals surface area contributed by atoms with Gasteiger partial charge in [0.15, 0.2) is 0 Å². The van der Waals surface area contributed by atoms with Crippen LogP contribution in [0.3, 0.4) is 0 Å². The quantitative estimate of drug-likeness (QED) is 0.617. The lowest BCUT2D eigenvalue weighted by Gasteiger charge is -2.15. The average Bonchev–Trinajstić information content (AvgIpc) is 2.64.